The van der Waals surface area contributed by atoms with E-state index in [1.165, 1.54) is 11.1 Å². The van der Waals surface area contributed by atoms with Crippen molar-refractivity contribution in [2.24, 2.45) is 0 Å². The Hall–Kier alpha value is 1.17. The Morgan fingerprint density at radius 2 is 1.09 bits per heavy atom. The molecule has 2 nitrogen and oxygen atoms in total. The molecule has 0 heterocycles. The summed E-state index contributed by atoms with van der Waals surface area (Å²) in [6, 6.07) is 8.48. The third kappa shape index (κ3) is 4.08. The van der Waals surface area contributed by atoms with Crippen LogP contribution in [0, 0.1) is 0 Å². The molecular formula is C6H7Na2O2S-. The van der Waals surface area contributed by atoms with E-state index in [4.69, 9.17) is 8.42 Å². The average molecular weight is 189 g/mol. The van der Waals surface area contributed by atoms with Gasteiger partial charge in [0.05, 0.1) is 0 Å². The predicted octanol–water partition coefficient (Wildman–Crippen LogP) is -4.61. The number of hydrogen-bond donors (Lipinski definition) is 0. The van der Waals surface area contributed by atoms with Gasteiger partial charge in [-0.3, -0.25) is 0 Å². The largest absolute Gasteiger partial charge is 1.00 e. The summed E-state index contributed by atoms with van der Waals surface area (Å²) in [5.74, 6) is 0. The summed E-state index contributed by atoms with van der Waals surface area (Å²) >= 11 is -1.08. The summed E-state index contributed by atoms with van der Waals surface area (Å²) < 4.78 is 16.7. The summed E-state index contributed by atoms with van der Waals surface area (Å²) in [5.41, 5.74) is 2.85. The van der Waals surface area contributed by atoms with Gasteiger partial charge in [-0.25, -0.2) is 0 Å². The molecule has 2 aliphatic rings. The zero-order chi connectivity index (χ0) is 6.69. The minimum atomic E-state index is -1.08. The maximum absolute atomic E-state index is 8.35. The molecule has 0 bridgehead atoms. The molecule has 0 spiro atoms. The standard InChI is InChI=1S/C6H4.2Na.HO2S.2H/c1-2-6-4-3-5(1)6;;;1-3-2;;/h1-4H;;;3H;;/q;2*+1;3*-1. The van der Waals surface area contributed by atoms with Gasteiger partial charge in [-0.1, -0.05) is 35.8 Å². The molecule has 0 aromatic heterocycles. The third-order valence-electron chi connectivity index (χ3n) is 1.22. The molecule has 0 saturated carbocycles. The summed E-state index contributed by atoms with van der Waals surface area (Å²) in [7, 11) is 0. The van der Waals surface area contributed by atoms with Crippen LogP contribution >= 0.6 is 0 Å². The van der Waals surface area contributed by atoms with E-state index in [0.29, 0.717) is 0 Å². The van der Waals surface area contributed by atoms with E-state index in [9.17, 15) is 0 Å². The molecule has 0 aromatic carbocycles. The van der Waals surface area contributed by atoms with Gasteiger partial charge in [-0.15, -0.1) is 0 Å². The van der Waals surface area contributed by atoms with Crippen LogP contribution in [0.15, 0.2) is 24.3 Å². The van der Waals surface area contributed by atoms with Gasteiger partial charge in [0.1, 0.15) is 0 Å². The first-order chi connectivity index (χ1) is 4.38. The van der Waals surface area contributed by atoms with Gasteiger partial charge in [0.15, 0.2) is 0 Å². The van der Waals surface area contributed by atoms with Gasteiger partial charge in [-0.05, 0) is 11.1 Å². The number of hydrogen-bond acceptors (Lipinski definition) is 3. The number of fused-ring (bicyclic) bond motifs is 1. The van der Waals surface area contributed by atoms with E-state index in [0.717, 1.165) is 0 Å². The van der Waals surface area contributed by atoms with Crippen LogP contribution < -0.4 is 59.1 Å². The van der Waals surface area contributed by atoms with Crippen molar-refractivity contribution < 1.29 is 70.4 Å². The Bertz CT molecular complexity index is 228. The van der Waals surface area contributed by atoms with Gasteiger partial charge in [0.25, 0.3) is 0 Å². The second-order valence-corrected chi connectivity index (χ2v) is 1.80. The predicted molar refractivity (Wildman–Crippen MR) is 37.8 cm³/mol. The molecule has 11 heavy (non-hydrogen) atoms. The molecule has 0 saturated heterocycles. The molecule has 0 N–H and O–H groups in total. The van der Waals surface area contributed by atoms with Crippen molar-refractivity contribution in [1.82, 2.24) is 0 Å². The Labute approximate surface area is 116 Å². The molecule has 0 amide bonds. The van der Waals surface area contributed by atoms with Crippen LogP contribution in [0.25, 0.3) is 11.1 Å². The van der Waals surface area contributed by atoms with E-state index < -0.39 is 11.6 Å². The molecule has 52 valence electrons. The minimum absolute atomic E-state index is 0. The van der Waals surface area contributed by atoms with Crippen molar-refractivity contribution in [2.45, 2.75) is 0 Å². The number of thiol groups is 1. The summed E-state index contributed by atoms with van der Waals surface area (Å²) in [6.07, 6.45) is 0. The Morgan fingerprint density at radius 1 is 0.909 bits per heavy atom. The zero-order valence-corrected chi connectivity index (χ0v) is 11.5. The topological polar surface area (TPSA) is 34.1 Å². The van der Waals surface area contributed by atoms with Crippen LogP contribution in [-0.4, -0.2) is 0 Å². The van der Waals surface area contributed by atoms with E-state index >= 15 is 0 Å². The molecule has 0 radical (unpaired) electrons. The normalized spacial score (nSPS) is 7.64. The van der Waals surface area contributed by atoms with E-state index in [-0.39, 0.29) is 62.0 Å². The van der Waals surface area contributed by atoms with Crippen LogP contribution in [-0.2, 0) is 20.0 Å². The fraction of sp³-hybridized carbons (Fsp3) is 0. The van der Waals surface area contributed by atoms with Gasteiger partial charge in [0.2, 0.25) is 0 Å². The molecule has 2 aliphatic carbocycles. The number of rotatable bonds is 0. The van der Waals surface area contributed by atoms with Crippen LogP contribution in [0.5, 0.6) is 0 Å². The van der Waals surface area contributed by atoms with E-state index in [2.05, 4.69) is 24.3 Å². The molecule has 5 heteroatoms. The quantitative estimate of drug-likeness (QED) is 0.237. The van der Waals surface area contributed by atoms with Crippen LogP contribution in [0.2, 0.25) is 0 Å². The Balaban J connectivity index is -0.0000000540. The molecule has 0 atom stereocenters. The number of benzene rings is 1. The third-order valence-corrected chi connectivity index (χ3v) is 1.22. The molecule has 2 rings (SSSR count). The SMILES string of the molecule is O=[SH-]=O.[H-].[H-].[Na+].[Na+].c1cc2ccc1-2. The molecule has 0 aromatic rings. The zero-order valence-electron chi connectivity index (χ0n) is 8.57. The van der Waals surface area contributed by atoms with Crippen molar-refractivity contribution in [1.29, 1.82) is 0 Å². The maximum Gasteiger partial charge on any atom is 1.00 e. The van der Waals surface area contributed by atoms with Crippen molar-refractivity contribution >= 4 is 11.6 Å². The van der Waals surface area contributed by atoms with Crippen LogP contribution in [0.3, 0.4) is 0 Å². The van der Waals surface area contributed by atoms with Gasteiger partial charge in [0, 0.05) is 0 Å². The first-order valence-corrected chi connectivity index (χ1v) is 3.17. The summed E-state index contributed by atoms with van der Waals surface area (Å²) in [5, 5.41) is 0. The molecule has 0 unspecified atom stereocenters. The average Bonchev–Trinajstić information content (AvgIpc) is 1.81. The van der Waals surface area contributed by atoms with Crippen molar-refractivity contribution in [3.05, 3.63) is 24.3 Å². The second kappa shape index (κ2) is 7.80. The van der Waals surface area contributed by atoms with Crippen LogP contribution in [0.4, 0.5) is 0 Å². The first-order valence-electron chi connectivity index (χ1n) is 2.44. The van der Waals surface area contributed by atoms with Crippen molar-refractivity contribution in [2.75, 3.05) is 0 Å². The Morgan fingerprint density at radius 3 is 1.09 bits per heavy atom. The van der Waals surface area contributed by atoms with Crippen molar-refractivity contribution in [3.8, 4) is 11.1 Å². The van der Waals surface area contributed by atoms with Gasteiger partial charge >= 0.3 is 59.1 Å². The van der Waals surface area contributed by atoms with Gasteiger partial charge < -0.3 is 11.3 Å². The summed E-state index contributed by atoms with van der Waals surface area (Å²) in [4.78, 5) is 0. The van der Waals surface area contributed by atoms with Gasteiger partial charge in [-0.2, -0.15) is 0 Å². The molecule has 0 fully saturated rings. The fourth-order valence-corrected chi connectivity index (χ4v) is 0.663. The monoisotopic (exact) mass is 189 g/mol. The fourth-order valence-electron chi connectivity index (χ4n) is 0.663. The van der Waals surface area contributed by atoms with Crippen LogP contribution in [0.1, 0.15) is 2.85 Å². The maximum atomic E-state index is 8.35. The molecule has 0 aliphatic heterocycles. The first kappa shape index (κ1) is 14.7. The van der Waals surface area contributed by atoms with E-state index in [1.807, 2.05) is 0 Å². The minimum Gasteiger partial charge on any atom is -1.00 e. The van der Waals surface area contributed by atoms with Crippen molar-refractivity contribution in [3.63, 3.8) is 0 Å². The summed E-state index contributed by atoms with van der Waals surface area (Å²) in [6.45, 7) is 0. The smallest absolute Gasteiger partial charge is 1.00 e. The second-order valence-electron chi connectivity index (χ2n) is 1.65. The van der Waals surface area contributed by atoms with E-state index in [1.54, 1.807) is 0 Å². The Kier molecular flexibility index (Phi) is 10.4. The molecular weight excluding hydrogens is 182 g/mol.